The Bertz CT molecular complexity index is 423. The Hall–Kier alpha value is -0.570. The summed E-state index contributed by atoms with van der Waals surface area (Å²) in [6.07, 6.45) is 5.81. The van der Waals surface area contributed by atoms with Gasteiger partial charge in [0.05, 0.1) is 5.60 Å². The van der Waals surface area contributed by atoms with Crippen LogP contribution in [0.25, 0.3) is 0 Å². The third-order valence-electron chi connectivity index (χ3n) is 4.97. The molecule has 118 valence electrons. The van der Waals surface area contributed by atoms with Crippen molar-refractivity contribution in [3.8, 4) is 0 Å². The van der Waals surface area contributed by atoms with E-state index in [1.165, 1.54) is 18.4 Å². The summed E-state index contributed by atoms with van der Waals surface area (Å²) < 4.78 is 6.05. The molecule has 1 aliphatic rings. The van der Waals surface area contributed by atoms with Crippen LogP contribution in [0.4, 0.5) is 0 Å². The summed E-state index contributed by atoms with van der Waals surface area (Å²) in [5, 5.41) is 4.46. The first-order valence-corrected chi connectivity index (χ1v) is 8.50. The first-order chi connectivity index (χ1) is 10.1. The Morgan fingerprint density at radius 1 is 1.29 bits per heavy atom. The third-order valence-corrected chi connectivity index (χ3v) is 5.22. The lowest BCUT2D eigenvalue weighted by atomic mass is 9.73. The topological polar surface area (TPSA) is 21.3 Å². The van der Waals surface area contributed by atoms with E-state index in [2.05, 4.69) is 31.3 Å². The highest BCUT2D eigenvalue weighted by molar-refractivity contribution is 6.30. The van der Waals surface area contributed by atoms with Gasteiger partial charge >= 0.3 is 0 Å². The van der Waals surface area contributed by atoms with Crippen molar-refractivity contribution < 1.29 is 4.74 Å². The van der Waals surface area contributed by atoms with E-state index in [1.807, 2.05) is 19.2 Å². The molecule has 0 spiro atoms. The first-order valence-electron chi connectivity index (χ1n) is 8.12. The van der Waals surface area contributed by atoms with Crippen molar-refractivity contribution in [1.82, 2.24) is 5.32 Å². The summed E-state index contributed by atoms with van der Waals surface area (Å²) >= 11 is 5.99. The molecule has 1 aromatic rings. The van der Waals surface area contributed by atoms with Crippen molar-refractivity contribution in [2.45, 2.75) is 57.6 Å². The predicted octanol–water partition coefficient (Wildman–Crippen LogP) is 4.46. The van der Waals surface area contributed by atoms with E-state index in [9.17, 15) is 0 Å². The van der Waals surface area contributed by atoms with Gasteiger partial charge in [-0.05, 0) is 62.3 Å². The fraction of sp³-hybridized carbons (Fsp3) is 0.667. The number of likely N-dealkylation sites (N-methyl/N-ethyl adjacent to an activating group) is 1. The van der Waals surface area contributed by atoms with E-state index in [1.54, 1.807) is 0 Å². The Balaban J connectivity index is 2.14. The normalized spacial score (nSPS) is 27.5. The second-order valence-corrected chi connectivity index (χ2v) is 6.83. The molecule has 0 bridgehead atoms. The van der Waals surface area contributed by atoms with E-state index in [-0.39, 0.29) is 5.60 Å². The highest BCUT2D eigenvalue weighted by Crippen LogP contribution is 2.37. The molecule has 0 radical (unpaired) electrons. The van der Waals surface area contributed by atoms with Crippen molar-refractivity contribution in [1.29, 1.82) is 0 Å². The van der Waals surface area contributed by atoms with Crippen LogP contribution in [0.3, 0.4) is 0 Å². The average Bonchev–Trinajstić information content (AvgIpc) is 2.50. The fourth-order valence-corrected chi connectivity index (χ4v) is 3.62. The summed E-state index contributed by atoms with van der Waals surface area (Å²) in [7, 11) is 1.88. The number of halogens is 1. The lowest BCUT2D eigenvalue weighted by Gasteiger charge is -2.44. The van der Waals surface area contributed by atoms with Crippen LogP contribution in [0.5, 0.6) is 0 Å². The molecular formula is C18H28ClNO. The largest absolute Gasteiger partial charge is 0.377 e. The van der Waals surface area contributed by atoms with Crippen LogP contribution in [-0.2, 0) is 11.2 Å². The quantitative estimate of drug-likeness (QED) is 0.838. The van der Waals surface area contributed by atoms with Gasteiger partial charge in [0.1, 0.15) is 0 Å². The zero-order chi connectivity index (χ0) is 15.3. The number of methoxy groups -OCH3 is 1. The summed E-state index contributed by atoms with van der Waals surface area (Å²) in [5.74, 6) is 0.825. The van der Waals surface area contributed by atoms with E-state index in [0.29, 0.717) is 6.04 Å². The second-order valence-electron chi connectivity index (χ2n) is 6.39. The van der Waals surface area contributed by atoms with Crippen LogP contribution in [0.2, 0.25) is 5.02 Å². The van der Waals surface area contributed by atoms with E-state index in [0.717, 1.165) is 36.7 Å². The van der Waals surface area contributed by atoms with Crippen LogP contribution in [-0.4, -0.2) is 25.3 Å². The van der Waals surface area contributed by atoms with Crippen molar-refractivity contribution in [2.24, 2.45) is 5.92 Å². The minimum Gasteiger partial charge on any atom is -0.377 e. The molecule has 0 saturated heterocycles. The summed E-state index contributed by atoms with van der Waals surface area (Å²) in [6.45, 7) is 5.49. The van der Waals surface area contributed by atoms with E-state index < -0.39 is 0 Å². The van der Waals surface area contributed by atoms with Gasteiger partial charge in [0.2, 0.25) is 0 Å². The molecule has 1 saturated carbocycles. The molecule has 2 nitrogen and oxygen atoms in total. The van der Waals surface area contributed by atoms with Crippen LogP contribution < -0.4 is 5.32 Å². The molecule has 1 N–H and O–H groups in total. The van der Waals surface area contributed by atoms with E-state index in [4.69, 9.17) is 16.3 Å². The molecule has 3 heteroatoms. The summed E-state index contributed by atoms with van der Waals surface area (Å²) in [6, 6.07) is 8.56. The third kappa shape index (κ3) is 4.21. The van der Waals surface area contributed by atoms with Gasteiger partial charge < -0.3 is 10.1 Å². The number of benzene rings is 1. The smallest absolute Gasteiger partial charge is 0.0834 e. The Labute approximate surface area is 134 Å². The molecule has 1 aromatic carbocycles. The Morgan fingerprint density at radius 2 is 1.90 bits per heavy atom. The Morgan fingerprint density at radius 3 is 2.43 bits per heavy atom. The van der Waals surface area contributed by atoms with Crippen LogP contribution in [0.15, 0.2) is 24.3 Å². The van der Waals surface area contributed by atoms with Crippen molar-refractivity contribution in [2.75, 3.05) is 13.7 Å². The molecule has 0 aromatic heterocycles. The molecular weight excluding hydrogens is 282 g/mol. The first kappa shape index (κ1) is 16.8. The molecule has 1 fully saturated rings. The van der Waals surface area contributed by atoms with Gasteiger partial charge in [-0.25, -0.2) is 0 Å². The number of rotatable bonds is 6. The molecule has 1 atom stereocenters. The predicted molar refractivity (Wildman–Crippen MR) is 90.0 cm³/mol. The second kappa shape index (κ2) is 7.62. The molecule has 0 aliphatic heterocycles. The van der Waals surface area contributed by atoms with Gasteiger partial charge in [-0.3, -0.25) is 0 Å². The minimum atomic E-state index is -0.0256. The molecule has 1 unspecified atom stereocenters. The van der Waals surface area contributed by atoms with Gasteiger partial charge in [-0.2, -0.15) is 0 Å². The van der Waals surface area contributed by atoms with Gasteiger partial charge in [-0.15, -0.1) is 0 Å². The number of hydrogen-bond donors (Lipinski definition) is 1. The van der Waals surface area contributed by atoms with Crippen molar-refractivity contribution in [3.63, 3.8) is 0 Å². The zero-order valence-electron chi connectivity index (χ0n) is 13.5. The molecule has 1 aliphatic carbocycles. The van der Waals surface area contributed by atoms with E-state index >= 15 is 0 Å². The molecule has 2 rings (SSSR count). The average molecular weight is 310 g/mol. The number of nitrogens with one attached hydrogen (secondary N) is 1. The van der Waals surface area contributed by atoms with Crippen LogP contribution >= 0.6 is 11.6 Å². The minimum absolute atomic E-state index is 0.0256. The molecule has 21 heavy (non-hydrogen) atoms. The standard InChI is InChI=1S/C18H28ClNO/c1-4-20-17(13-15-5-7-16(19)8-6-15)18(21-3)11-9-14(2)10-12-18/h5-8,14,17,20H,4,9-13H2,1-3H3. The van der Waals surface area contributed by atoms with Gasteiger partial charge in [0, 0.05) is 18.2 Å². The molecule has 0 amide bonds. The van der Waals surface area contributed by atoms with Crippen molar-refractivity contribution >= 4 is 11.6 Å². The summed E-state index contributed by atoms with van der Waals surface area (Å²) in [5.41, 5.74) is 1.29. The van der Waals surface area contributed by atoms with Crippen LogP contribution in [0.1, 0.15) is 45.1 Å². The monoisotopic (exact) mass is 309 g/mol. The Kier molecular flexibility index (Phi) is 6.09. The zero-order valence-corrected chi connectivity index (χ0v) is 14.2. The maximum atomic E-state index is 6.05. The lowest BCUT2D eigenvalue weighted by Crippen LogP contribution is -2.55. The van der Waals surface area contributed by atoms with Gasteiger partial charge in [0.15, 0.2) is 0 Å². The van der Waals surface area contributed by atoms with Crippen LogP contribution in [0, 0.1) is 5.92 Å². The number of ether oxygens (including phenoxy) is 1. The highest BCUT2D eigenvalue weighted by atomic mass is 35.5. The van der Waals surface area contributed by atoms with Gasteiger partial charge in [0.25, 0.3) is 0 Å². The van der Waals surface area contributed by atoms with Crippen molar-refractivity contribution in [3.05, 3.63) is 34.9 Å². The maximum absolute atomic E-state index is 6.05. The lowest BCUT2D eigenvalue weighted by molar-refractivity contribution is -0.0742. The van der Waals surface area contributed by atoms with Gasteiger partial charge in [-0.1, -0.05) is 37.6 Å². The fourth-order valence-electron chi connectivity index (χ4n) is 3.49. The highest BCUT2D eigenvalue weighted by Gasteiger charge is 2.41. The molecule has 0 heterocycles. The summed E-state index contributed by atoms with van der Waals surface area (Å²) in [4.78, 5) is 0. The maximum Gasteiger partial charge on any atom is 0.0834 e. The SMILES string of the molecule is CCNC(Cc1ccc(Cl)cc1)C1(OC)CCC(C)CC1. The number of hydrogen-bond acceptors (Lipinski definition) is 2.